The van der Waals surface area contributed by atoms with Crippen LogP contribution in [0.15, 0.2) is 17.0 Å². The predicted molar refractivity (Wildman–Crippen MR) is 81.4 cm³/mol. The monoisotopic (exact) mass is 263 g/mol. The Morgan fingerprint density at radius 1 is 1.17 bits per heavy atom. The Kier molecular flexibility index (Phi) is 4.39. The summed E-state index contributed by atoms with van der Waals surface area (Å²) in [6.45, 7) is 12.6. The Morgan fingerprint density at radius 2 is 1.83 bits per heavy atom. The molecule has 100 valence electrons. The van der Waals surface area contributed by atoms with E-state index in [1.807, 2.05) is 0 Å². The van der Waals surface area contributed by atoms with Gasteiger partial charge in [-0.3, -0.25) is 0 Å². The van der Waals surface area contributed by atoms with Gasteiger partial charge in [0.25, 0.3) is 0 Å². The van der Waals surface area contributed by atoms with E-state index in [9.17, 15) is 0 Å². The highest BCUT2D eigenvalue weighted by atomic mass is 32.2. The summed E-state index contributed by atoms with van der Waals surface area (Å²) < 4.78 is 0. The summed E-state index contributed by atoms with van der Waals surface area (Å²) in [6.07, 6.45) is 1.20. The summed E-state index contributed by atoms with van der Waals surface area (Å²) in [4.78, 5) is 1.52. The van der Waals surface area contributed by atoms with Gasteiger partial charge >= 0.3 is 0 Å². The van der Waals surface area contributed by atoms with Crippen LogP contribution in [0, 0.1) is 19.8 Å². The quantitative estimate of drug-likeness (QED) is 0.863. The molecule has 0 amide bonds. The third kappa shape index (κ3) is 2.46. The highest BCUT2D eigenvalue weighted by molar-refractivity contribution is 8.00. The molecule has 0 bridgehead atoms. The van der Waals surface area contributed by atoms with Crippen molar-refractivity contribution >= 4 is 11.8 Å². The number of nitrogens with one attached hydrogen (secondary N) is 1. The lowest BCUT2D eigenvalue weighted by Crippen LogP contribution is -2.35. The minimum absolute atomic E-state index is 0.524. The van der Waals surface area contributed by atoms with Crippen molar-refractivity contribution in [2.75, 3.05) is 6.54 Å². The molecule has 2 rings (SSSR count). The molecule has 0 aliphatic carbocycles. The van der Waals surface area contributed by atoms with Crippen LogP contribution in [-0.4, -0.2) is 11.8 Å². The Bertz CT molecular complexity index is 427. The van der Waals surface area contributed by atoms with Crippen LogP contribution in [0.4, 0.5) is 0 Å². The minimum Gasteiger partial charge on any atom is -0.310 e. The minimum atomic E-state index is 0.524. The van der Waals surface area contributed by atoms with Crippen molar-refractivity contribution in [3.05, 3.63) is 28.8 Å². The maximum Gasteiger partial charge on any atom is 0.0370 e. The normalized spacial score (nSPS) is 27.1. The Labute approximate surface area is 116 Å². The lowest BCUT2D eigenvalue weighted by atomic mass is 9.87. The van der Waals surface area contributed by atoms with E-state index in [0.29, 0.717) is 17.2 Å². The largest absolute Gasteiger partial charge is 0.310 e. The fraction of sp³-hybridized carbons (Fsp3) is 0.625. The molecule has 2 heteroatoms. The van der Waals surface area contributed by atoms with E-state index < -0.39 is 0 Å². The second-order valence-corrected chi connectivity index (χ2v) is 6.94. The maximum absolute atomic E-state index is 3.76. The van der Waals surface area contributed by atoms with E-state index >= 15 is 0 Å². The Morgan fingerprint density at radius 3 is 2.50 bits per heavy atom. The summed E-state index contributed by atoms with van der Waals surface area (Å²) in [6, 6.07) is 5.06. The van der Waals surface area contributed by atoms with Crippen LogP contribution < -0.4 is 5.32 Å². The van der Waals surface area contributed by atoms with Crippen molar-refractivity contribution in [2.24, 2.45) is 5.92 Å². The van der Waals surface area contributed by atoms with E-state index in [0.717, 1.165) is 6.54 Å². The van der Waals surface area contributed by atoms with E-state index in [2.05, 4.69) is 63.8 Å². The van der Waals surface area contributed by atoms with E-state index in [1.165, 1.54) is 22.4 Å². The van der Waals surface area contributed by atoms with Crippen LogP contribution >= 0.6 is 11.8 Å². The number of rotatable bonds is 3. The van der Waals surface area contributed by atoms with E-state index in [4.69, 9.17) is 0 Å². The second kappa shape index (κ2) is 5.66. The molecule has 0 saturated carbocycles. The van der Waals surface area contributed by atoms with Gasteiger partial charge in [-0.2, -0.15) is 0 Å². The third-order valence-electron chi connectivity index (χ3n) is 4.11. The summed E-state index contributed by atoms with van der Waals surface area (Å²) >= 11 is 2.06. The molecule has 1 aromatic carbocycles. The number of fused-ring (bicyclic) bond motifs is 1. The summed E-state index contributed by atoms with van der Waals surface area (Å²) in [7, 11) is 0. The first kappa shape index (κ1) is 14.0. The molecule has 1 N–H and O–H groups in total. The zero-order valence-electron chi connectivity index (χ0n) is 12.2. The second-order valence-electron chi connectivity index (χ2n) is 5.56. The molecule has 0 spiro atoms. The molecule has 1 aliphatic heterocycles. The van der Waals surface area contributed by atoms with Crippen molar-refractivity contribution < 1.29 is 0 Å². The fourth-order valence-electron chi connectivity index (χ4n) is 2.76. The topological polar surface area (TPSA) is 12.0 Å². The predicted octanol–water partition coefficient (Wildman–Crippen LogP) is 4.47. The summed E-state index contributed by atoms with van der Waals surface area (Å²) in [5.41, 5.74) is 4.43. The number of benzene rings is 1. The van der Waals surface area contributed by atoms with Gasteiger partial charge in [0, 0.05) is 16.2 Å². The summed E-state index contributed by atoms with van der Waals surface area (Å²) in [5, 5.41) is 4.45. The van der Waals surface area contributed by atoms with Crippen LogP contribution in [-0.2, 0) is 0 Å². The van der Waals surface area contributed by atoms with Crippen molar-refractivity contribution in [1.82, 2.24) is 5.32 Å². The van der Waals surface area contributed by atoms with Gasteiger partial charge in [-0.15, -0.1) is 11.8 Å². The smallest absolute Gasteiger partial charge is 0.0370 e. The van der Waals surface area contributed by atoms with Crippen molar-refractivity contribution in [3.63, 3.8) is 0 Å². The van der Waals surface area contributed by atoms with Crippen LogP contribution in [0.2, 0.25) is 0 Å². The van der Waals surface area contributed by atoms with Gasteiger partial charge in [0.05, 0.1) is 0 Å². The van der Waals surface area contributed by atoms with Crippen molar-refractivity contribution in [3.8, 4) is 0 Å². The standard InChI is InChI=1S/C16H25NS/c1-6-9-17-15-12(4)13(5)18-16-11(3)8-7-10(2)14(15)16/h7-8,12-13,15,17H,6,9H2,1-5H3. The number of hydrogen-bond donors (Lipinski definition) is 1. The van der Waals surface area contributed by atoms with Gasteiger partial charge in [0.1, 0.15) is 0 Å². The lowest BCUT2D eigenvalue weighted by molar-refractivity contribution is 0.371. The molecule has 0 fully saturated rings. The SMILES string of the molecule is CCCNC1c2c(C)ccc(C)c2SC(C)C1C. The molecule has 0 saturated heterocycles. The molecule has 1 aliphatic rings. The first-order valence-electron chi connectivity index (χ1n) is 7.06. The lowest BCUT2D eigenvalue weighted by Gasteiger charge is -2.38. The first-order valence-corrected chi connectivity index (χ1v) is 7.94. The fourth-order valence-corrected chi connectivity index (χ4v) is 4.18. The number of hydrogen-bond acceptors (Lipinski definition) is 2. The molecule has 3 atom stereocenters. The molecule has 18 heavy (non-hydrogen) atoms. The van der Waals surface area contributed by atoms with Gasteiger partial charge in [-0.1, -0.05) is 32.9 Å². The Hall–Kier alpha value is -0.470. The van der Waals surface area contributed by atoms with Crippen LogP contribution in [0.1, 0.15) is 49.9 Å². The van der Waals surface area contributed by atoms with Crippen LogP contribution in [0.25, 0.3) is 0 Å². The molecule has 0 radical (unpaired) electrons. The molecule has 1 nitrogen and oxygen atoms in total. The van der Waals surface area contributed by atoms with Gasteiger partial charge in [0.15, 0.2) is 0 Å². The molecule has 0 aromatic heterocycles. The van der Waals surface area contributed by atoms with Gasteiger partial charge in [0.2, 0.25) is 0 Å². The van der Waals surface area contributed by atoms with Crippen LogP contribution in [0.3, 0.4) is 0 Å². The average Bonchev–Trinajstić information content (AvgIpc) is 2.35. The number of thioether (sulfide) groups is 1. The zero-order valence-corrected chi connectivity index (χ0v) is 13.0. The maximum atomic E-state index is 3.76. The van der Waals surface area contributed by atoms with Crippen LogP contribution in [0.5, 0.6) is 0 Å². The molecule has 1 aromatic rings. The number of aryl methyl sites for hydroxylation is 2. The van der Waals surface area contributed by atoms with Crippen molar-refractivity contribution in [1.29, 1.82) is 0 Å². The van der Waals surface area contributed by atoms with Gasteiger partial charge in [-0.05, 0) is 49.4 Å². The van der Waals surface area contributed by atoms with Gasteiger partial charge < -0.3 is 5.32 Å². The molecule has 3 unspecified atom stereocenters. The summed E-state index contributed by atoms with van der Waals surface area (Å²) in [5.74, 6) is 0.689. The average molecular weight is 263 g/mol. The van der Waals surface area contributed by atoms with E-state index in [-0.39, 0.29) is 0 Å². The zero-order chi connectivity index (χ0) is 13.3. The highest BCUT2D eigenvalue weighted by Crippen LogP contribution is 2.46. The first-order chi connectivity index (χ1) is 8.56. The highest BCUT2D eigenvalue weighted by Gasteiger charge is 2.33. The molecular weight excluding hydrogens is 238 g/mol. The van der Waals surface area contributed by atoms with Gasteiger partial charge in [-0.25, -0.2) is 0 Å². The molecular formula is C16H25NS. The third-order valence-corrected chi connectivity index (χ3v) is 5.68. The van der Waals surface area contributed by atoms with E-state index in [1.54, 1.807) is 5.56 Å². The van der Waals surface area contributed by atoms with Crippen molar-refractivity contribution in [2.45, 2.75) is 57.2 Å². The molecule has 1 heterocycles. The Balaban J connectivity index is 2.44.